The molecule has 0 atom stereocenters. The first kappa shape index (κ1) is 18.6. The van der Waals surface area contributed by atoms with Gasteiger partial charge in [-0.05, 0) is 36.4 Å². The molecule has 0 aliphatic carbocycles. The molecule has 148 valence electrons. The van der Waals surface area contributed by atoms with Gasteiger partial charge in [0.25, 0.3) is 5.91 Å². The summed E-state index contributed by atoms with van der Waals surface area (Å²) in [6, 6.07) is 14.5. The molecule has 3 aromatic heterocycles. The first-order valence-corrected chi connectivity index (χ1v) is 9.30. The number of aromatic nitrogens is 2. The molecule has 1 N–H and O–H groups in total. The molecule has 4 aromatic rings. The summed E-state index contributed by atoms with van der Waals surface area (Å²) in [5.41, 5.74) is 2.22. The summed E-state index contributed by atoms with van der Waals surface area (Å²) in [4.78, 5) is 16.9. The fourth-order valence-corrected chi connectivity index (χ4v) is 2.96. The average molecular weight is 391 g/mol. The molecule has 1 amide bonds. The van der Waals surface area contributed by atoms with Crippen LogP contribution < -0.4 is 14.8 Å². The average Bonchev–Trinajstić information content (AvgIpc) is 3.39. The third-order valence-corrected chi connectivity index (χ3v) is 4.44. The quantitative estimate of drug-likeness (QED) is 0.507. The largest absolute Gasteiger partial charge is 0.493 e. The summed E-state index contributed by atoms with van der Waals surface area (Å²) in [6.45, 7) is 2.24. The second-order valence-corrected chi connectivity index (χ2v) is 6.43. The number of ether oxygens (including phenoxy) is 2. The molecule has 0 unspecified atom stereocenters. The zero-order chi connectivity index (χ0) is 20.2. The number of carbonyl (C=O) groups excluding carboxylic acids is 1. The third-order valence-electron chi connectivity index (χ3n) is 4.44. The van der Waals surface area contributed by atoms with Crippen molar-refractivity contribution in [2.24, 2.45) is 0 Å². The number of furan rings is 1. The minimum atomic E-state index is -0.318. The first-order valence-electron chi connectivity index (χ1n) is 9.30. The zero-order valence-corrected chi connectivity index (χ0v) is 16.2. The van der Waals surface area contributed by atoms with Crippen molar-refractivity contribution in [2.45, 2.75) is 20.0 Å². The Kier molecular flexibility index (Phi) is 5.20. The molecule has 4 rings (SSSR count). The Morgan fingerprint density at radius 3 is 2.83 bits per heavy atom. The van der Waals surface area contributed by atoms with Crippen LogP contribution in [0.25, 0.3) is 5.65 Å². The number of amides is 1. The van der Waals surface area contributed by atoms with Crippen molar-refractivity contribution in [3.05, 3.63) is 78.1 Å². The van der Waals surface area contributed by atoms with E-state index >= 15 is 0 Å². The van der Waals surface area contributed by atoms with Crippen LogP contribution in [0, 0.1) is 0 Å². The molecule has 0 fully saturated rings. The number of pyridine rings is 1. The van der Waals surface area contributed by atoms with Gasteiger partial charge in [-0.3, -0.25) is 4.79 Å². The number of nitrogens with one attached hydrogen (secondary N) is 1. The number of aryl methyl sites for hydroxylation is 1. The highest BCUT2D eigenvalue weighted by Crippen LogP contribution is 2.31. The Hall–Kier alpha value is -3.74. The van der Waals surface area contributed by atoms with Gasteiger partial charge in [0.05, 0.1) is 12.8 Å². The molecule has 0 bridgehead atoms. The number of nitrogens with zero attached hydrogens (tertiary/aromatic N) is 2. The molecule has 1 aromatic carbocycles. The number of rotatable bonds is 7. The number of anilines is 1. The van der Waals surface area contributed by atoms with E-state index in [1.54, 1.807) is 37.4 Å². The van der Waals surface area contributed by atoms with Gasteiger partial charge in [-0.25, -0.2) is 4.98 Å². The van der Waals surface area contributed by atoms with Gasteiger partial charge in [-0.2, -0.15) is 0 Å². The molecule has 0 saturated carbocycles. The second-order valence-electron chi connectivity index (χ2n) is 6.43. The van der Waals surface area contributed by atoms with Crippen LogP contribution in [0.15, 0.2) is 65.3 Å². The summed E-state index contributed by atoms with van der Waals surface area (Å²) in [6.07, 6.45) is 4.58. The van der Waals surface area contributed by atoms with Crippen molar-refractivity contribution in [3.63, 3.8) is 0 Å². The van der Waals surface area contributed by atoms with Crippen LogP contribution in [0.4, 0.5) is 5.69 Å². The van der Waals surface area contributed by atoms with E-state index in [-0.39, 0.29) is 18.3 Å². The van der Waals surface area contributed by atoms with Crippen LogP contribution >= 0.6 is 0 Å². The van der Waals surface area contributed by atoms with Crippen molar-refractivity contribution in [3.8, 4) is 11.5 Å². The van der Waals surface area contributed by atoms with Gasteiger partial charge in [0.2, 0.25) is 0 Å². The fourth-order valence-electron chi connectivity index (χ4n) is 2.96. The SMILES string of the molecule is CCc1ccc(C(=O)Nc2ccc(OC)c(OCc3cn4ccccc4n3)c2)o1. The van der Waals surface area contributed by atoms with Crippen molar-refractivity contribution in [2.75, 3.05) is 12.4 Å². The Balaban J connectivity index is 1.49. The molecule has 0 spiro atoms. The van der Waals surface area contributed by atoms with Gasteiger partial charge >= 0.3 is 0 Å². The Bertz CT molecular complexity index is 1110. The van der Waals surface area contributed by atoms with Crippen LogP contribution in [-0.2, 0) is 13.0 Å². The minimum absolute atomic E-state index is 0.268. The number of methoxy groups -OCH3 is 1. The maximum Gasteiger partial charge on any atom is 0.291 e. The standard InChI is InChI=1S/C22H21N3O4/c1-3-17-8-10-19(29-17)22(26)24-15-7-9-18(27-2)20(12-15)28-14-16-13-25-11-5-4-6-21(25)23-16/h4-13H,3,14H2,1-2H3,(H,24,26). The number of fused-ring (bicyclic) bond motifs is 1. The summed E-state index contributed by atoms with van der Waals surface area (Å²) in [5, 5.41) is 2.82. The predicted molar refractivity (Wildman–Crippen MR) is 109 cm³/mol. The van der Waals surface area contributed by atoms with Crippen molar-refractivity contribution >= 4 is 17.2 Å². The summed E-state index contributed by atoms with van der Waals surface area (Å²) >= 11 is 0. The van der Waals surface area contributed by atoms with E-state index in [9.17, 15) is 4.79 Å². The van der Waals surface area contributed by atoms with Gasteiger partial charge in [0.15, 0.2) is 17.3 Å². The molecule has 0 radical (unpaired) electrons. The number of hydrogen-bond donors (Lipinski definition) is 1. The van der Waals surface area contributed by atoms with Crippen LogP contribution in [0.1, 0.15) is 28.9 Å². The fraction of sp³-hybridized carbons (Fsp3) is 0.182. The van der Waals surface area contributed by atoms with Gasteiger partial charge in [0.1, 0.15) is 18.0 Å². The first-order chi connectivity index (χ1) is 14.2. The second kappa shape index (κ2) is 8.10. The van der Waals surface area contributed by atoms with E-state index in [1.165, 1.54) is 0 Å². The van der Waals surface area contributed by atoms with E-state index in [0.717, 1.165) is 23.5 Å². The topological polar surface area (TPSA) is 78.0 Å². The lowest BCUT2D eigenvalue weighted by Crippen LogP contribution is -2.11. The Labute approximate surface area is 167 Å². The van der Waals surface area contributed by atoms with Crippen LogP contribution in [-0.4, -0.2) is 22.4 Å². The number of benzene rings is 1. The van der Waals surface area contributed by atoms with Crippen molar-refractivity contribution < 1.29 is 18.7 Å². The van der Waals surface area contributed by atoms with E-state index in [1.807, 2.05) is 41.9 Å². The van der Waals surface area contributed by atoms with Gasteiger partial charge in [0, 0.05) is 30.6 Å². The van der Waals surface area contributed by atoms with E-state index in [0.29, 0.717) is 17.2 Å². The van der Waals surface area contributed by atoms with Crippen LogP contribution in [0.3, 0.4) is 0 Å². The lowest BCUT2D eigenvalue weighted by atomic mass is 10.2. The molecule has 7 heteroatoms. The third kappa shape index (κ3) is 4.08. The maximum atomic E-state index is 12.4. The van der Waals surface area contributed by atoms with Crippen molar-refractivity contribution in [1.82, 2.24) is 9.38 Å². The zero-order valence-electron chi connectivity index (χ0n) is 16.2. The maximum absolute atomic E-state index is 12.4. The van der Waals surface area contributed by atoms with Crippen molar-refractivity contribution in [1.29, 1.82) is 0 Å². The molecule has 3 heterocycles. The Morgan fingerprint density at radius 2 is 2.07 bits per heavy atom. The smallest absolute Gasteiger partial charge is 0.291 e. The van der Waals surface area contributed by atoms with E-state index in [2.05, 4.69) is 10.3 Å². The lowest BCUT2D eigenvalue weighted by Gasteiger charge is -2.12. The molecule has 7 nitrogen and oxygen atoms in total. The van der Waals surface area contributed by atoms with Crippen LogP contribution in [0.2, 0.25) is 0 Å². The summed E-state index contributed by atoms with van der Waals surface area (Å²) < 4.78 is 18.7. The van der Waals surface area contributed by atoms with Gasteiger partial charge in [-0.15, -0.1) is 0 Å². The monoisotopic (exact) mass is 391 g/mol. The number of carbonyl (C=O) groups is 1. The van der Waals surface area contributed by atoms with E-state index < -0.39 is 0 Å². The summed E-state index contributed by atoms with van der Waals surface area (Å²) in [7, 11) is 1.57. The molecular formula is C22H21N3O4. The predicted octanol–water partition coefficient (Wildman–Crippen LogP) is 4.33. The Morgan fingerprint density at radius 1 is 1.17 bits per heavy atom. The van der Waals surface area contributed by atoms with Crippen LogP contribution in [0.5, 0.6) is 11.5 Å². The van der Waals surface area contributed by atoms with Gasteiger partial charge < -0.3 is 23.6 Å². The minimum Gasteiger partial charge on any atom is -0.493 e. The highest BCUT2D eigenvalue weighted by molar-refractivity contribution is 6.02. The summed E-state index contributed by atoms with van der Waals surface area (Å²) in [5.74, 6) is 1.79. The lowest BCUT2D eigenvalue weighted by molar-refractivity contribution is 0.0995. The molecule has 29 heavy (non-hydrogen) atoms. The number of imidazole rings is 1. The number of hydrogen-bond acceptors (Lipinski definition) is 5. The highest BCUT2D eigenvalue weighted by atomic mass is 16.5. The highest BCUT2D eigenvalue weighted by Gasteiger charge is 2.13. The molecule has 0 saturated heterocycles. The molecular weight excluding hydrogens is 370 g/mol. The van der Waals surface area contributed by atoms with E-state index in [4.69, 9.17) is 13.9 Å². The van der Waals surface area contributed by atoms with Gasteiger partial charge in [-0.1, -0.05) is 13.0 Å². The molecule has 0 aliphatic heterocycles. The molecule has 0 aliphatic rings. The normalized spacial score (nSPS) is 10.8.